The molecule has 0 bridgehead atoms. The summed E-state index contributed by atoms with van der Waals surface area (Å²) < 4.78 is 54.8. The van der Waals surface area contributed by atoms with Gasteiger partial charge in [0.25, 0.3) is 0 Å². The summed E-state index contributed by atoms with van der Waals surface area (Å²) in [4.78, 5) is 14.6. The third-order valence-electron chi connectivity index (χ3n) is 5.77. The summed E-state index contributed by atoms with van der Waals surface area (Å²) in [6, 6.07) is 14.2. The molecule has 0 saturated heterocycles. The number of hydrogen-bond donors (Lipinski definition) is 0. The van der Waals surface area contributed by atoms with Gasteiger partial charge in [-0.05, 0) is 48.2 Å². The van der Waals surface area contributed by atoms with Crippen LogP contribution in [0.2, 0.25) is 0 Å². The van der Waals surface area contributed by atoms with Gasteiger partial charge in [-0.15, -0.1) is 0 Å². The molecule has 3 aromatic carbocycles. The summed E-state index contributed by atoms with van der Waals surface area (Å²) in [6.45, 7) is 2.32. The van der Waals surface area contributed by atoms with Crippen LogP contribution in [0.4, 0.5) is 17.6 Å². The summed E-state index contributed by atoms with van der Waals surface area (Å²) in [5.74, 6) is -3.34. The fraction of sp³-hybridized carbons (Fsp3) is 0.192. The second-order valence-electron chi connectivity index (χ2n) is 7.88. The van der Waals surface area contributed by atoms with E-state index in [1.54, 1.807) is 30.3 Å². The van der Waals surface area contributed by atoms with Crippen LogP contribution in [0.25, 0.3) is 16.7 Å². The maximum Gasteiger partial charge on any atom is 0.176 e. The quantitative estimate of drug-likeness (QED) is 0.268. The Bertz CT molecular complexity index is 1180. The van der Waals surface area contributed by atoms with E-state index in [1.165, 1.54) is 19.1 Å². The van der Waals surface area contributed by atoms with Crippen molar-refractivity contribution in [2.75, 3.05) is 19.6 Å². The molecule has 0 aliphatic carbocycles. The first-order chi connectivity index (χ1) is 15.3. The number of carbonyl (C=O) groups excluding carboxylic acids is 1. The van der Waals surface area contributed by atoms with Crippen molar-refractivity contribution in [3.8, 4) is 11.1 Å². The molecule has 6 heteroatoms. The number of halogens is 4. The number of ketones is 1. The number of rotatable bonds is 5. The van der Waals surface area contributed by atoms with Crippen molar-refractivity contribution in [3.05, 3.63) is 101 Å². The number of hydrogen-bond acceptors (Lipinski definition) is 2. The summed E-state index contributed by atoms with van der Waals surface area (Å²) in [6.07, 6.45) is 2.18. The predicted molar refractivity (Wildman–Crippen MR) is 116 cm³/mol. The van der Waals surface area contributed by atoms with Gasteiger partial charge in [-0.2, -0.15) is 0 Å². The van der Waals surface area contributed by atoms with Crippen LogP contribution in [0.3, 0.4) is 0 Å². The first kappa shape index (κ1) is 22.0. The Morgan fingerprint density at radius 2 is 1.53 bits per heavy atom. The van der Waals surface area contributed by atoms with Gasteiger partial charge in [0.1, 0.15) is 11.6 Å². The van der Waals surface area contributed by atoms with Crippen LogP contribution < -0.4 is 0 Å². The van der Waals surface area contributed by atoms with Crippen molar-refractivity contribution in [1.82, 2.24) is 4.90 Å². The van der Waals surface area contributed by atoms with Crippen molar-refractivity contribution >= 4 is 11.4 Å². The molecule has 0 N–H and O–H groups in total. The molecule has 0 aromatic heterocycles. The van der Waals surface area contributed by atoms with Gasteiger partial charge in [0, 0.05) is 29.8 Å². The van der Waals surface area contributed by atoms with Crippen LogP contribution in [0.5, 0.6) is 0 Å². The van der Waals surface area contributed by atoms with Crippen LogP contribution in [0, 0.1) is 30.2 Å². The molecular formula is C26H21F4NO. The van der Waals surface area contributed by atoms with E-state index in [2.05, 4.69) is 0 Å². The Balaban J connectivity index is 1.41. The maximum atomic E-state index is 14.4. The van der Waals surface area contributed by atoms with Gasteiger partial charge in [-0.1, -0.05) is 42.5 Å². The average molecular weight is 439 g/mol. The molecule has 2 nitrogen and oxygen atoms in total. The zero-order chi connectivity index (χ0) is 22.8. The van der Waals surface area contributed by atoms with Gasteiger partial charge in [0.2, 0.25) is 0 Å². The van der Waals surface area contributed by atoms with E-state index in [1.807, 2.05) is 17.0 Å². The molecule has 1 aliphatic rings. The Morgan fingerprint density at radius 3 is 2.12 bits per heavy atom. The average Bonchev–Trinajstić information content (AvgIpc) is 2.81. The second-order valence-corrected chi connectivity index (χ2v) is 7.88. The van der Waals surface area contributed by atoms with Crippen LogP contribution in [-0.2, 0) is 0 Å². The van der Waals surface area contributed by atoms with Crippen LogP contribution in [0.15, 0.2) is 60.7 Å². The molecule has 0 amide bonds. The van der Waals surface area contributed by atoms with Crippen LogP contribution in [-0.4, -0.2) is 30.3 Å². The Morgan fingerprint density at radius 1 is 0.906 bits per heavy atom. The van der Waals surface area contributed by atoms with E-state index in [0.29, 0.717) is 30.6 Å². The summed E-state index contributed by atoms with van der Waals surface area (Å²) in [5, 5.41) is 0. The van der Waals surface area contributed by atoms with Crippen LogP contribution in [0.1, 0.15) is 27.9 Å². The van der Waals surface area contributed by atoms with Gasteiger partial charge in [0.05, 0.1) is 6.54 Å². The second kappa shape index (κ2) is 9.09. The van der Waals surface area contributed by atoms with Gasteiger partial charge in [-0.25, -0.2) is 17.6 Å². The standard InChI is InChI=1S/C26H21F4NO/c1-16-25(29)22(14-23(28)26(16)30)19-10-12-31(13-11-19)15-24(32)20-4-2-17(3-5-20)18-6-8-21(27)9-7-18/h2-10,14H,11-13,15H2,1H3. The van der Waals surface area contributed by atoms with E-state index in [4.69, 9.17) is 0 Å². The summed E-state index contributed by atoms with van der Waals surface area (Å²) in [5.41, 5.74) is 2.66. The number of Topliss-reactive ketones (excluding diaryl/α,β-unsaturated/α-hetero) is 1. The van der Waals surface area contributed by atoms with Crippen molar-refractivity contribution in [2.45, 2.75) is 13.3 Å². The molecule has 4 rings (SSSR count). The monoisotopic (exact) mass is 439 g/mol. The molecule has 1 aliphatic heterocycles. The highest BCUT2D eigenvalue weighted by atomic mass is 19.2. The number of carbonyl (C=O) groups is 1. The first-order valence-corrected chi connectivity index (χ1v) is 10.3. The molecule has 32 heavy (non-hydrogen) atoms. The van der Waals surface area contributed by atoms with Crippen molar-refractivity contribution in [2.24, 2.45) is 0 Å². The van der Waals surface area contributed by atoms with Crippen molar-refractivity contribution in [1.29, 1.82) is 0 Å². The number of benzene rings is 3. The lowest BCUT2D eigenvalue weighted by Crippen LogP contribution is -2.33. The highest BCUT2D eigenvalue weighted by Gasteiger charge is 2.22. The third kappa shape index (κ3) is 4.50. The molecule has 0 radical (unpaired) electrons. The lowest BCUT2D eigenvalue weighted by Gasteiger charge is -2.26. The SMILES string of the molecule is Cc1c(F)c(F)cc(C2=CCN(CC(=O)c3ccc(-c4ccc(F)cc4)cc3)CC2)c1F. The minimum absolute atomic E-state index is 0.0534. The zero-order valence-corrected chi connectivity index (χ0v) is 17.5. The lowest BCUT2D eigenvalue weighted by atomic mass is 9.96. The fourth-order valence-corrected chi connectivity index (χ4v) is 3.85. The molecule has 3 aromatic rings. The first-order valence-electron chi connectivity index (χ1n) is 10.3. The topological polar surface area (TPSA) is 20.3 Å². The largest absolute Gasteiger partial charge is 0.293 e. The molecule has 0 fully saturated rings. The minimum atomic E-state index is -1.17. The molecule has 0 atom stereocenters. The van der Waals surface area contributed by atoms with Gasteiger partial charge in [0.15, 0.2) is 17.4 Å². The minimum Gasteiger partial charge on any atom is -0.293 e. The van der Waals surface area contributed by atoms with E-state index in [-0.39, 0.29) is 29.3 Å². The smallest absolute Gasteiger partial charge is 0.176 e. The highest BCUT2D eigenvalue weighted by molar-refractivity contribution is 5.98. The van der Waals surface area contributed by atoms with E-state index in [0.717, 1.165) is 17.2 Å². The maximum absolute atomic E-state index is 14.4. The molecule has 0 spiro atoms. The lowest BCUT2D eigenvalue weighted by molar-refractivity contribution is 0.0937. The fourth-order valence-electron chi connectivity index (χ4n) is 3.85. The highest BCUT2D eigenvalue weighted by Crippen LogP contribution is 2.29. The third-order valence-corrected chi connectivity index (χ3v) is 5.77. The van der Waals surface area contributed by atoms with Gasteiger partial charge >= 0.3 is 0 Å². The molecule has 0 saturated carbocycles. The zero-order valence-electron chi connectivity index (χ0n) is 17.5. The van der Waals surface area contributed by atoms with Crippen LogP contribution >= 0.6 is 0 Å². The Labute approximate surface area is 183 Å². The van der Waals surface area contributed by atoms with E-state index >= 15 is 0 Å². The van der Waals surface area contributed by atoms with Gasteiger partial charge in [-0.3, -0.25) is 9.69 Å². The summed E-state index contributed by atoms with van der Waals surface area (Å²) >= 11 is 0. The molecule has 0 unspecified atom stereocenters. The Hall–Kier alpha value is -3.25. The van der Waals surface area contributed by atoms with E-state index in [9.17, 15) is 22.4 Å². The van der Waals surface area contributed by atoms with Gasteiger partial charge < -0.3 is 0 Å². The normalized spacial score (nSPS) is 14.3. The molecule has 164 valence electrons. The summed E-state index contributed by atoms with van der Waals surface area (Å²) in [7, 11) is 0. The Kier molecular flexibility index (Phi) is 6.24. The number of nitrogens with zero attached hydrogens (tertiary/aromatic N) is 1. The molecule has 1 heterocycles. The van der Waals surface area contributed by atoms with E-state index < -0.39 is 17.5 Å². The molecular weight excluding hydrogens is 418 g/mol. The predicted octanol–water partition coefficient (Wildman–Crippen LogP) is 6.19. The van der Waals surface area contributed by atoms with Crippen molar-refractivity contribution in [3.63, 3.8) is 0 Å². The van der Waals surface area contributed by atoms with Crippen molar-refractivity contribution < 1.29 is 22.4 Å².